The first-order valence-corrected chi connectivity index (χ1v) is 6.88. The lowest BCUT2D eigenvalue weighted by Crippen LogP contribution is -2.29. The van der Waals surface area contributed by atoms with Crippen molar-refractivity contribution in [2.45, 2.75) is 18.9 Å². The van der Waals surface area contributed by atoms with Crippen LogP contribution in [0.5, 0.6) is 11.5 Å². The van der Waals surface area contributed by atoms with Crippen molar-refractivity contribution in [3.63, 3.8) is 0 Å². The molecule has 19 heavy (non-hydrogen) atoms. The molecule has 102 valence electrons. The van der Waals surface area contributed by atoms with Crippen LogP contribution in [0.1, 0.15) is 23.9 Å². The van der Waals surface area contributed by atoms with Gasteiger partial charge in [0.2, 0.25) is 0 Å². The van der Waals surface area contributed by atoms with Gasteiger partial charge in [-0.3, -0.25) is 0 Å². The summed E-state index contributed by atoms with van der Waals surface area (Å²) in [7, 11) is 3.20. The van der Waals surface area contributed by atoms with Crippen molar-refractivity contribution in [1.29, 1.82) is 0 Å². The van der Waals surface area contributed by atoms with Crippen LogP contribution in [0.15, 0.2) is 29.8 Å². The molecule has 0 aliphatic carbocycles. The van der Waals surface area contributed by atoms with Gasteiger partial charge in [-0.2, -0.15) is 0 Å². The average Bonchev–Trinajstić information content (AvgIpc) is 2.97. The molecule has 0 amide bonds. The maximum absolute atomic E-state index is 9.70. The highest BCUT2D eigenvalue weighted by molar-refractivity contribution is 7.09. The highest BCUT2D eigenvalue weighted by Gasteiger charge is 2.35. The fourth-order valence-electron chi connectivity index (χ4n) is 2.18. The quantitative estimate of drug-likeness (QED) is 0.913. The third-order valence-electron chi connectivity index (χ3n) is 3.27. The smallest absolute Gasteiger partial charge is 0.160 e. The maximum atomic E-state index is 9.70. The normalized spacial score (nSPS) is 14.1. The number of hydrogen-bond acceptors (Lipinski definition) is 5. The van der Waals surface area contributed by atoms with Gasteiger partial charge in [-0.1, -0.05) is 13.0 Å². The van der Waals surface area contributed by atoms with E-state index in [2.05, 4.69) is 4.98 Å². The maximum Gasteiger partial charge on any atom is 0.160 e. The molecule has 0 spiro atoms. The Morgan fingerprint density at radius 1 is 1.37 bits per heavy atom. The highest BCUT2D eigenvalue weighted by atomic mass is 32.1. The molecule has 2 aromatic rings. The van der Waals surface area contributed by atoms with Gasteiger partial charge < -0.3 is 14.6 Å². The molecule has 1 N–H and O–H groups in total. The molecule has 0 aliphatic rings. The van der Waals surface area contributed by atoms with Crippen molar-refractivity contribution < 1.29 is 14.6 Å². The lowest BCUT2D eigenvalue weighted by Gasteiger charge is -2.30. The van der Waals surface area contributed by atoms with Crippen molar-refractivity contribution in [2.75, 3.05) is 14.2 Å². The number of rotatable bonds is 5. The van der Waals surface area contributed by atoms with Crippen molar-refractivity contribution >= 4 is 11.3 Å². The van der Waals surface area contributed by atoms with Gasteiger partial charge in [0.1, 0.15) is 10.6 Å². The van der Waals surface area contributed by atoms with Crippen molar-refractivity contribution in [1.82, 2.24) is 4.98 Å². The minimum atomic E-state index is -0.602. The first-order chi connectivity index (χ1) is 9.17. The molecule has 4 nitrogen and oxygen atoms in total. The lowest BCUT2D eigenvalue weighted by atomic mass is 9.91. The SMILES string of the molecule is CCC(OC)(c1ccc(O)c(OC)c1)c1nccs1. The lowest BCUT2D eigenvalue weighted by molar-refractivity contribution is 0.0182. The molecule has 0 radical (unpaired) electrons. The number of methoxy groups -OCH3 is 2. The Balaban J connectivity index is 2.57. The van der Waals surface area contributed by atoms with Gasteiger partial charge in [0.25, 0.3) is 0 Å². The van der Waals surface area contributed by atoms with E-state index < -0.39 is 5.60 Å². The van der Waals surface area contributed by atoms with Crippen LogP contribution in [-0.2, 0) is 10.3 Å². The number of ether oxygens (including phenoxy) is 2. The van der Waals surface area contributed by atoms with E-state index in [1.165, 1.54) is 7.11 Å². The summed E-state index contributed by atoms with van der Waals surface area (Å²) in [6.07, 6.45) is 2.51. The van der Waals surface area contributed by atoms with E-state index in [9.17, 15) is 5.11 Å². The van der Waals surface area contributed by atoms with Crippen LogP contribution in [0.25, 0.3) is 0 Å². The summed E-state index contributed by atoms with van der Waals surface area (Å²) < 4.78 is 10.9. The van der Waals surface area contributed by atoms with E-state index in [0.717, 1.165) is 17.0 Å². The number of thiazole rings is 1. The van der Waals surface area contributed by atoms with Crippen LogP contribution in [0.2, 0.25) is 0 Å². The van der Waals surface area contributed by atoms with Gasteiger partial charge in [0, 0.05) is 18.7 Å². The zero-order valence-corrected chi connectivity index (χ0v) is 12.0. The standard InChI is InChI=1S/C14H17NO3S/c1-4-14(18-3,13-15-7-8-19-13)10-5-6-11(16)12(9-10)17-2/h5-9,16H,4H2,1-3H3. The van der Waals surface area contributed by atoms with Gasteiger partial charge >= 0.3 is 0 Å². The predicted molar refractivity (Wildman–Crippen MR) is 74.9 cm³/mol. The minimum absolute atomic E-state index is 0.117. The van der Waals surface area contributed by atoms with Gasteiger partial charge in [-0.15, -0.1) is 11.3 Å². The Hall–Kier alpha value is -1.59. The molecular weight excluding hydrogens is 262 g/mol. The fourth-order valence-corrected chi connectivity index (χ4v) is 3.09. The Labute approximate surface area is 116 Å². The van der Waals surface area contributed by atoms with Crippen LogP contribution < -0.4 is 4.74 Å². The summed E-state index contributed by atoms with van der Waals surface area (Å²) in [5, 5.41) is 12.5. The second-order valence-electron chi connectivity index (χ2n) is 4.11. The molecule has 0 saturated heterocycles. The van der Waals surface area contributed by atoms with Crippen LogP contribution in [0.4, 0.5) is 0 Å². The Morgan fingerprint density at radius 3 is 2.68 bits per heavy atom. The number of hydrogen-bond donors (Lipinski definition) is 1. The number of nitrogens with zero attached hydrogens (tertiary/aromatic N) is 1. The van der Waals surface area contributed by atoms with Gasteiger partial charge in [0.05, 0.1) is 7.11 Å². The molecule has 1 aromatic carbocycles. The second kappa shape index (κ2) is 5.59. The van der Waals surface area contributed by atoms with E-state index in [1.807, 2.05) is 18.4 Å². The average molecular weight is 279 g/mol. The zero-order valence-electron chi connectivity index (χ0n) is 11.2. The van der Waals surface area contributed by atoms with Crippen LogP contribution in [0, 0.1) is 0 Å². The predicted octanol–water partition coefficient (Wildman–Crippen LogP) is 3.16. The zero-order chi connectivity index (χ0) is 13.9. The van der Waals surface area contributed by atoms with Crippen molar-refractivity contribution in [2.24, 2.45) is 0 Å². The number of benzene rings is 1. The summed E-state index contributed by atoms with van der Waals surface area (Å²) in [5.41, 5.74) is 0.317. The molecule has 0 fully saturated rings. The Morgan fingerprint density at radius 2 is 2.16 bits per heavy atom. The molecule has 2 rings (SSSR count). The van der Waals surface area contributed by atoms with Crippen LogP contribution >= 0.6 is 11.3 Å². The second-order valence-corrected chi connectivity index (χ2v) is 5.00. The van der Waals surface area contributed by atoms with Crippen LogP contribution in [-0.4, -0.2) is 24.3 Å². The highest BCUT2D eigenvalue weighted by Crippen LogP contribution is 2.40. The first kappa shape index (κ1) is 13.8. The molecule has 5 heteroatoms. The van der Waals surface area contributed by atoms with E-state index in [4.69, 9.17) is 9.47 Å². The first-order valence-electron chi connectivity index (χ1n) is 6.00. The van der Waals surface area contributed by atoms with E-state index in [1.54, 1.807) is 36.8 Å². The molecule has 0 saturated carbocycles. The monoisotopic (exact) mass is 279 g/mol. The molecule has 1 heterocycles. The largest absolute Gasteiger partial charge is 0.504 e. The van der Waals surface area contributed by atoms with E-state index >= 15 is 0 Å². The number of aromatic nitrogens is 1. The van der Waals surface area contributed by atoms with Gasteiger partial charge in [-0.25, -0.2) is 4.98 Å². The molecule has 0 aliphatic heterocycles. The van der Waals surface area contributed by atoms with Gasteiger partial charge in [-0.05, 0) is 24.1 Å². The Kier molecular flexibility index (Phi) is 4.07. The molecular formula is C14H17NO3S. The van der Waals surface area contributed by atoms with Crippen molar-refractivity contribution in [3.8, 4) is 11.5 Å². The van der Waals surface area contributed by atoms with E-state index in [-0.39, 0.29) is 5.75 Å². The third-order valence-corrected chi connectivity index (χ3v) is 4.19. The molecule has 1 unspecified atom stereocenters. The van der Waals surface area contributed by atoms with Crippen molar-refractivity contribution in [3.05, 3.63) is 40.3 Å². The summed E-state index contributed by atoms with van der Waals surface area (Å²) in [6, 6.07) is 5.25. The number of phenolic OH excluding ortho intramolecular Hbond substituents is 1. The van der Waals surface area contributed by atoms with Gasteiger partial charge in [0.15, 0.2) is 11.5 Å². The number of aromatic hydroxyl groups is 1. The fraction of sp³-hybridized carbons (Fsp3) is 0.357. The number of phenols is 1. The molecule has 1 atom stereocenters. The third kappa shape index (κ3) is 2.31. The summed E-state index contributed by atoms with van der Waals surface area (Å²) in [4.78, 5) is 4.37. The molecule has 1 aromatic heterocycles. The summed E-state index contributed by atoms with van der Waals surface area (Å²) in [6.45, 7) is 2.05. The van der Waals surface area contributed by atoms with Crippen LogP contribution in [0.3, 0.4) is 0 Å². The Bertz CT molecular complexity index is 536. The topological polar surface area (TPSA) is 51.6 Å². The summed E-state index contributed by atoms with van der Waals surface area (Å²) >= 11 is 1.55. The summed E-state index contributed by atoms with van der Waals surface area (Å²) in [5.74, 6) is 0.551. The minimum Gasteiger partial charge on any atom is -0.504 e. The molecule has 0 bridgehead atoms. The van der Waals surface area contributed by atoms with E-state index in [0.29, 0.717) is 5.75 Å².